The summed E-state index contributed by atoms with van der Waals surface area (Å²) in [5, 5.41) is 5.92. The number of aryl methyl sites for hydroxylation is 1. The zero-order chi connectivity index (χ0) is 27.7. The van der Waals surface area contributed by atoms with Gasteiger partial charge < -0.3 is 20.2 Å². The molecule has 0 fully saturated rings. The number of sulfonamides is 1. The summed E-state index contributed by atoms with van der Waals surface area (Å²) in [5.41, 5.74) is 0.401. The van der Waals surface area contributed by atoms with Crippen molar-refractivity contribution in [1.82, 2.24) is 23.8 Å². The van der Waals surface area contributed by atoms with Gasteiger partial charge in [0.1, 0.15) is 10.0 Å². The number of benzene rings is 2. The standard InChI is InChI=1S/C24H20ClN7O5S2/c1-31-11-10-26-20(31)13-27-15-4-7-17-18(12-15)29-24(35)32(22(17)33)16-5-2-14(3-6-16)28-23(34)30-39(36,37)21-9-8-19(25)38-21/h2-12,27H,13H2,1H3,(H,29,35)(H2,28,30,34). The van der Waals surface area contributed by atoms with Crippen LogP contribution in [-0.4, -0.2) is 33.6 Å². The fourth-order valence-electron chi connectivity index (χ4n) is 3.78. The Morgan fingerprint density at radius 1 is 1.08 bits per heavy atom. The summed E-state index contributed by atoms with van der Waals surface area (Å²) in [4.78, 5) is 45.2. The molecule has 0 aliphatic rings. The largest absolute Gasteiger partial charge is 0.378 e. The lowest BCUT2D eigenvalue weighted by Gasteiger charge is -2.11. The second kappa shape index (κ2) is 10.4. The minimum atomic E-state index is -4.09. The van der Waals surface area contributed by atoms with Gasteiger partial charge in [-0.15, -0.1) is 11.3 Å². The number of nitrogens with one attached hydrogen (secondary N) is 4. The predicted molar refractivity (Wildman–Crippen MR) is 149 cm³/mol. The van der Waals surface area contributed by atoms with Crippen LogP contribution in [0.15, 0.2) is 80.8 Å². The van der Waals surface area contributed by atoms with Crippen molar-refractivity contribution in [3.63, 3.8) is 0 Å². The second-order valence-corrected chi connectivity index (χ2v) is 11.9. The van der Waals surface area contributed by atoms with Crippen molar-refractivity contribution < 1.29 is 13.2 Å². The Morgan fingerprint density at radius 3 is 2.49 bits per heavy atom. The predicted octanol–water partition coefficient (Wildman–Crippen LogP) is 3.25. The minimum Gasteiger partial charge on any atom is -0.378 e. The van der Waals surface area contributed by atoms with Crippen molar-refractivity contribution in [2.45, 2.75) is 10.8 Å². The van der Waals surface area contributed by atoms with Crippen LogP contribution in [0, 0.1) is 0 Å². The number of thiophene rings is 1. The number of carbonyl (C=O) groups is 1. The van der Waals surface area contributed by atoms with Crippen LogP contribution in [0.5, 0.6) is 0 Å². The first kappa shape index (κ1) is 26.2. The summed E-state index contributed by atoms with van der Waals surface area (Å²) < 4.78 is 29.5. The molecule has 15 heteroatoms. The maximum Gasteiger partial charge on any atom is 0.333 e. The molecule has 12 nitrogen and oxygen atoms in total. The molecule has 5 rings (SSSR count). The molecule has 39 heavy (non-hydrogen) atoms. The zero-order valence-electron chi connectivity index (χ0n) is 20.1. The average Bonchev–Trinajstić information content (AvgIpc) is 3.51. The topological polar surface area (TPSA) is 160 Å². The Hall–Kier alpha value is -4.40. The van der Waals surface area contributed by atoms with E-state index in [2.05, 4.69) is 20.6 Å². The molecular weight excluding hydrogens is 566 g/mol. The molecule has 2 aromatic carbocycles. The SMILES string of the molecule is Cn1ccnc1CNc1ccc2c(=O)n(-c3ccc(NC(=O)NS(=O)(=O)c4ccc(Cl)s4)cc3)c(=O)[nH]c2c1. The number of aromatic nitrogens is 4. The van der Waals surface area contributed by atoms with E-state index in [4.69, 9.17) is 11.6 Å². The van der Waals surface area contributed by atoms with Gasteiger partial charge in [-0.25, -0.2) is 32.3 Å². The number of anilines is 2. The highest BCUT2D eigenvalue weighted by Gasteiger charge is 2.20. The van der Waals surface area contributed by atoms with Crippen molar-refractivity contribution in [3.05, 3.63) is 98.0 Å². The van der Waals surface area contributed by atoms with Crippen LogP contribution in [0.3, 0.4) is 0 Å². The highest BCUT2D eigenvalue weighted by Crippen LogP contribution is 2.25. The van der Waals surface area contributed by atoms with Gasteiger partial charge in [-0.05, 0) is 54.6 Å². The third kappa shape index (κ3) is 5.57. The van der Waals surface area contributed by atoms with E-state index < -0.39 is 27.3 Å². The monoisotopic (exact) mass is 585 g/mol. The minimum absolute atomic E-state index is 0.107. The molecule has 0 radical (unpaired) electrons. The van der Waals surface area contributed by atoms with Crippen molar-refractivity contribution >= 4 is 61.3 Å². The zero-order valence-corrected chi connectivity index (χ0v) is 22.5. The van der Waals surface area contributed by atoms with Crippen LogP contribution < -0.4 is 26.6 Å². The van der Waals surface area contributed by atoms with Crippen LogP contribution in [0.1, 0.15) is 5.82 Å². The quantitative estimate of drug-likeness (QED) is 0.228. The van der Waals surface area contributed by atoms with E-state index in [0.717, 1.165) is 21.7 Å². The van der Waals surface area contributed by atoms with E-state index in [1.165, 1.54) is 36.4 Å². The Morgan fingerprint density at radius 2 is 1.82 bits per heavy atom. The molecule has 2 amide bonds. The van der Waals surface area contributed by atoms with E-state index >= 15 is 0 Å². The molecule has 0 saturated carbocycles. The molecule has 0 saturated heterocycles. The van der Waals surface area contributed by atoms with Gasteiger partial charge in [0.25, 0.3) is 15.6 Å². The molecule has 0 aliphatic heterocycles. The maximum absolute atomic E-state index is 13.2. The van der Waals surface area contributed by atoms with Crippen LogP contribution in [-0.2, 0) is 23.6 Å². The number of imidazole rings is 1. The molecule has 3 aromatic heterocycles. The van der Waals surface area contributed by atoms with E-state index in [1.54, 1.807) is 24.4 Å². The average molecular weight is 586 g/mol. The number of rotatable bonds is 7. The first-order valence-electron chi connectivity index (χ1n) is 11.3. The number of aromatic amines is 1. The Balaban J connectivity index is 1.32. The van der Waals surface area contributed by atoms with Crippen molar-refractivity contribution in [1.29, 1.82) is 0 Å². The molecule has 0 aliphatic carbocycles. The highest BCUT2D eigenvalue weighted by atomic mass is 35.5. The van der Waals surface area contributed by atoms with Gasteiger partial charge in [-0.1, -0.05) is 11.6 Å². The molecule has 4 N–H and O–H groups in total. The lowest BCUT2D eigenvalue weighted by atomic mass is 10.2. The van der Waals surface area contributed by atoms with Gasteiger partial charge in [0, 0.05) is 30.8 Å². The Labute approximate surface area is 230 Å². The van der Waals surface area contributed by atoms with Crippen LogP contribution in [0.25, 0.3) is 16.6 Å². The lowest BCUT2D eigenvalue weighted by Crippen LogP contribution is -2.34. The number of H-pyrrole nitrogens is 1. The molecule has 200 valence electrons. The number of nitrogens with zero attached hydrogens (tertiary/aromatic N) is 3. The summed E-state index contributed by atoms with van der Waals surface area (Å²) >= 11 is 6.58. The van der Waals surface area contributed by atoms with Crippen LogP contribution in [0.2, 0.25) is 4.34 Å². The number of halogens is 1. The van der Waals surface area contributed by atoms with Crippen LogP contribution in [0.4, 0.5) is 16.2 Å². The van der Waals surface area contributed by atoms with Crippen LogP contribution >= 0.6 is 22.9 Å². The van der Waals surface area contributed by atoms with Crippen molar-refractivity contribution in [2.75, 3.05) is 10.6 Å². The third-order valence-corrected chi connectivity index (χ3v) is 8.75. The highest BCUT2D eigenvalue weighted by molar-refractivity contribution is 7.92. The molecule has 3 heterocycles. The fourth-order valence-corrected chi connectivity index (χ4v) is 6.17. The number of carbonyl (C=O) groups excluding carboxylic acids is 1. The van der Waals surface area contributed by atoms with Crippen molar-refractivity contribution in [3.8, 4) is 5.69 Å². The van der Waals surface area contributed by atoms with Gasteiger partial charge in [0.2, 0.25) is 0 Å². The van der Waals surface area contributed by atoms with Gasteiger partial charge in [0.05, 0.1) is 27.5 Å². The number of urea groups is 1. The van der Waals surface area contributed by atoms with Gasteiger partial charge >= 0.3 is 11.7 Å². The van der Waals surface area contributed by atoms with Gasteiger partial charge in [0.15, 0.2) is 0 Å². The number of hydrogen-bond donors (Lipinski definition) is 4. The molecule has 0 unspecified atom stereocenters. The van der Waals surface area contributed by atoms with Crippen molar-refractivity contribution in [2.24, 2.45) is 7.05 Å². The first-order valence-corrected chi connectivity index (χ1v) is 14.0. The lowest BCUT2D eigenvalue weighted by molar-refractivity contribution is 0.256. The van der Waals surface area contributed by atoms with Gasteiger partial charge in [-0.2, -0.15) is 0 Å². The summed E-state index contributed by atoms with van der Waals surface area (Å²) in [5.74, 6) is 0.823. The second-order valence-electron chi connectivity index (χ2n) is 8.30. The van der Waals surface area contributed by atoms with E-state index in [1.807, 2.05) is 22.5 Å². The van der Waals surface area contributed by atoms with Gasteiger partial charge in [-0.3, -0.25) is 4.79 Å². The molecule has 0 bridgehead atoms. The maximum atomic E-state index is 13.2. The third-order valence-electron chi connectivity index (χ3n) is 5.69. The summed E-state index contributed by atoms with van der Waals surface area (Å²) in [6.07, 6.45) is 3.53. The number of hydrogen-bond acceptors (Lipinski definition) is 8. The van der Waals surface area contributed by atoms with E-state index in [-0.39, 0.29) is 19.9 Å². The smallest absolute Gasteiger partial charge is 0.333 e. The normalized spacial score (nSPS) is 11.4. The number of fused-ring (bicyclic) bond motifs is 1. The summed E-state index contributed by atoms with van der Waals surface area (Å²) in [7, 11) is -2.21. The number of amides is 2. The van der Waals surface area contributed by atoms with E-state index in [0.29, 0.717) is 23.1 Å². The summed E-state index contributed by atoms with van der Waals surface area (Å²) in [6.45, 7) is 0.461. The molecule has 0 spiro atoms. The molecule has 0 atom stereocenters. The molecular formula is C24H20ClN7O5S2. The molecule has 5 aromatic rings. The van der Waals surface area contributed by atoms with E-state index in [9.17, 15) is 22.8 Å². The Kier molecular flexibility index (Phi) is 6.99. The Bertz CT molecular complexity index is 1920. The summed E-state index contributed by atoms with van der Waals surface area (Å²) in [6, 6.07) is 12.5. The first-order chi connectivity index (χ1) is 18.6. The fraction of sp³-hybridized carbons (Fsp3) is 0.0833.